The van der Waals surface area contributed by atoms with E-state index < -0.39 is 0 Å². The van der Waals surface area contributed by atoms with Gasteiger partial charge in [0.1, 0.15) is 0 Å². The Balaban J connectivity index is 2.75. The molecule has 0 bridgehead atoms. The number of hydrogen-bond acceptors (Lipinski definition) is 3. The van der Waals surface area contributed by atoms with Gasteiger partial charge < -0.3 is 10.6 Å². The molecule has 0 amide bonds. The van der Waals surface area contributed by atoms with Crippen molar-refractivity contribution in [1.29, 1.82) is 0 Å². The zero-order valence-electron chi connectivity index (χ0n) is 11.0. The lowest BCUT2D eigenvalue weighted by molar-refractivity contribution is 0.585. The van der Waals surface area contributed by atoms with E-state index in [9.17, 15) is 0 Å². The SMILES string of the molecule is CC(C)NCc1ccncc1NC(C)(C)C. The molecule has 90 valence electrons. The standard InChI is InChI=1S/C13H23N3/c1-10(2)15-8-11-6-7-14-9-12(11)16-13(3,4)5/h6-7,9-10,15-16H,8H2,1-5H3. The van der Waals surface area contributed by atoms with Gasteiger partial charge in [0.25, 0.3) is 0 Å². The Hall–Kier alpha value is -1.09. The molecule has 1 heterocycles. The minimum Gasteiger partial charge on any atom is -0.379 e. The highest BCUT2D eigenvalue weighted by Crippen LogP contribution is 2.18. The van der Waals surface area contributed by atoms with E-state index in [-0.39, 0.29) is 5.54 Å². The zero-order valence-corrected chi connectivity index (χ0v) is 11.0. The summed E-state index contributed by atoms with van der Waals surface area (Å²) in [5.41, 5.74) is 2.44. The maximum absolute atomic E-state index is 4.17. The molecule has 0 fully saturated rings. The average Bonchev–Trinajstić information content (AvgIpc) is 2.14. The number of anilines is 1. The second-order valence-corrected chi connectivity index (χ2v) is 5.44. The van der Waals surface area contributed by atoms with Crippen LogP contribution in [-0.2, 0) is 6.54 Å². The number of aromatic nitrogens is 1. The third kappa shape index (κ3) is 4.62. The maximum Gasteiger partial charge on any atom is 0.0576 e. The van der Waals surface area contributed by atoms with Crippen molar-refractivity contribution in [2.75, 3.05) is 5.32 Å². The third-order valence-corrected chi connectivity index (χ3v) is 2.12. The highest BCUT2D eigenvalue weighted by molar-refractivity contribution is 5.50. The molecule has 0 saturated heterocycles. The quantitative estimate of drug-likeness (QED) is 0.821. The lowest BCUT2D eigenvalue weighted by Gasteiger charge is -2.24. The van der Waals surface area contributed by atoms with Crippen LogP contribution < -0.4 is 10.6 Å². The average molecular weight is 221 g/mol. The Morgan fingerprint density at radius 3 is 2.56 bits per heavy atom. The lowest BCUT2D eigenvalue weighted by Crippen LogP contribution is -2.28. The van der Waals surface area contributed by atoms with Crippen LogP contribution in [0.3, 0.4) is 0 Å². The van der Waals surface area contributed by atoms with E-state index in [0.29, 0.717) is 6.04 Å². The zero-order chi connectivity index (χ0) is 12.2. The Morgan fingerprint density at radius 2 is 2.00 bits per heavy atom. The normalized spacial score (nSPS) is 11.9. The first-order valence-electron chi connectivity index (χ1n) is 5.83. The van der Waals surface area contributed by atoms with E-state index in [2.05, 4.69) is 56.3 Å². The molecule has 0 saturated carbocycles. The van der Waals surface area contributed by atoms with Crippen LogP contribution in [0, 0.1) is 0 Å². The molecule has 0 aromatic carbocycles. The van der Waals surface area contributed by atoms with Crippen LogP contribution in [0.25, 0.3) is 0 Å². The van der Waals surface area contributed by atoms with Gasteiger partial charge in [0, 0.05) is 24.3 Å². The van der Waals surface area contributed by atoms with Gasteiger partial charge in [-0.2, -0.15) is 0 Å². The Labute approximate surface area is 98.7 Å². The van der Waals surface area contributed by atoms with E-state index in [1.54, 1.807) is 0 Å². The maximum atomic E-state index is 4.17. The highest BCUT2D eigenvalue weighted by atomic mass is 15.0. The van der Waals surface area contributed by atoms with Crippen LogP contribution in [0.2, 0.25) is 0 Å². The molecule has 3 nitrogen and oxygen atoms in total. The molecule has 16 heavy (non-hydrogen) atoms. The predicted octanol–water partition coefficient (Wildman–Crippen LogP) is 2.79. The van der Waals surface area contributed by atoms with Gasteiger partial charge in [-0.15, -0.1) is 0 Å². The molecule has 0 aliphatic carbocycles. The van der Waals surface area contributed by atoms with Crippen LogP contribution >= 0.6 is 0 Å². The van der Waals surface area contributed by atoms with Crippen LogP contribution in [0.1, 0.15) is 40.2 Å². The Kier molecular flexibility index (Phi) is 4.30. The van der Waals surface area contributed by atoms with Crippen LogP contribution in [0.4, 0.5) is 5.69 Å². The summed E-state index contributed by atoms with van der Waals surface area (Å²) in [6.07, 6.45) is 3.73. The second-order valence-electron chi connectivity index (χ2n) is 5.44. The molecule has 1 rings (SSSR count). The predicted molar refractivity (Wildman–Crippen MR) is 69.6 cm³/mol. The van der Waals surface area contributed by atoms with Gasteiger partial charge in [-0.3, -0.25) is 4.98 Å². The minimum atomic E-state index is 0.0651. The summed E-state index contributed by atoms with van der Waals surface area (Å²) < 4.78 is 0. The number of pyridine rings is 1. The molecule has 1 aromatic rings. The van der Waals surface area contributed by atoms with Crippen LogP contribution in [-0.4, -0.2) is 16.6 Å². The Bertz CT molecular complexity index is 326. The van der Waals surface area contributed by atoms with Crippen molar-refractivity contribution in [3.63, 3.8) is 0 Å². The smallest absolute Gasteiger partial charge is 0.0576 e. The molecule has 0 aliphatic rings. The second kappa shape index (κ2) is 5.30. The third-order valence-electron chi connectivity index (χ3n) is 2.12. The van der Waals surface area contributed by atoms with Crippen LogP contribution in [0.5, 0.6) is 0 Å². The number of rotatable bonds is 4. The summed E-state index contributed by atoms with van der Waals surface area (Å²) in [6.45, 7) is 11.6. The first-order valence-corrected chi connectivity index (χ1v) is 5.83. The van der Waals surface area contributed by atoms with Gasteiger partial charge in [-0.1, -0.05) is 13.8 Å². The molecule has 0 unspecified atom stereocenters. The van der Waals surface area contributed by atoms with Crippen molar-refractivity contribution in [1.82, 2.24) is 10.3 Å². The largest absolute Gasteiger partial charge is 0.379 e. The van der Waals surface area contributed by atoms with Gasteiger partial charge in [0.2, 0.25) is 0 Å². The van der Waals surface area contributed by atoms with Gasteiger partial charge in [0.15, 0.2) is 0 Å². The molecule has 0 aliphatic heterocycles. The van der Waals surface area contributed by atoms with E-state index >= 15 is 0 Å². The summed E-state index contributed by atoms with van der Waals surface area (Å²) in [7, 11) is 0. The molecule has 3 heteroatoms. The van der Waals surface area contributed by atoms with E-state index in [0.717, 1.165) is 12.2 Å². The monoisotopic (exact) mass is 221 g/mol. The van der Waals surface area contributed by atoms with Crippen molar-refractivity contribution in [3.05, 3.63) is 24.0 Å². The van der Waals surface area contributed by atoms with Gasteiger partial charge in [-0.05, 0) is 32.4 Å². The number of nitrogens with zero attached hydrogens (tertiary/aromatic N) is 1. The van der Waals surface area contributed by atoms with Crippen molar-refractivity contribution < 1.29 is 0 Å². The summed E-state index contributed by atoms with van der Waals surface area (Å²) in [5.74, 6) is 0. The molecule has 0 spiro atoms. The molecule has 0 atom stereocenters. The first-order chi connectivity index (χ1) is 7.38. The van der Waals surface area contributed by atoms with Crippen molar-refractivity contribution in [2.24, 2.45) is 0 Å². The highest BCUT2D eigenvalue weighted by Gasteiger charge is 2.12. The van der Waals surface area contributed by atoms with Gasteiger partial charge in [0.05, 0.1) is 11.9 Å². The molecular weight excluding hydrogens is 198 g/mol. The van der Waals surface area contributed by atoms with E-state index in [1.165, 1.54) is 5.56 Å². The van der Waals surface area contributed by atoms with Crippen LogP contribution in [0.15, 0.2) is 18.5 Å². The number of hydrogen-bond donors (Lipinski definition) is 2. The first kappa shape index (κ1) is 13.0. The molecule has 2 N–H and O–H groups in total. The molecular formula is C13H23N3. The molecule has 0 radical (unpaired) electrons. The summed E-state index contributed by atoms with van der Waals surface area (Å²) in [4.78, 5) is 4.17. The summed E-state index contributed by atoms with van der Waals surface area (Å²) in [5, 5.41) is 6.89. The van der Waals surface area contributed by atoms with Crippen molar-refractivity contribution in [3.8, 4) is 0 Å². The minimum absolute atomic E-state index is 0.0651. The van der Waals surface area contributed by atoms with Gasteiger partial charge in [-0.25, -0.2) is 0 Å². The van der Waals surface area contributed by atoms with Crippen molar-refractivity contribution >= 4 is 5.69 Å². The summed E-state index contributed by atoms with van der Waals surface area (Å²) in [6, 6.07) is 2.55. The van der Waals surface area contributed by atoms with E-state index in [1.807, 2.05) is 12.4 Å². The van der Waals surface area contributed by atoms with Crippen molar-refractivity contribution in [2.45, 2.75) is 52.7 Å². The molecule has 1 aromatic heterocycles. The lowest BCUT2D eigenvalue weighted by atomic mass is 10.1. The Morgan fingerprint density at radius 1 is 1.31 bits per heavy atom. The fraction of sp³-hybridized carbons (Fsp3) is 0.615. The fourth-order valence-corrected chi connectivity index (χ4v) is 1.41. The number of nitrogens with one attached hydrogen (secondary N) is 2. The fourth-order valence-electron chi connectivity index (χ4n) is 1.41. The van der Waals surface area contributed by atoms with Gasteiger partial charge >= 0.3 is 0 Å². The topological polar surface area (TPSA) is 37.0 Å². The van der Waals surface area contributed by atoms with E-state index in [4.69, 9.17) is 0 Å². The summed E-state index contributed by atoms with van der Waals surface area (Å²) >= 11 is 0.